The molecule has 3 N–H and O–H groups in total. The number of esters is 1. The molecule has 0 radical (unpaired) electrons. The molecule has 11 nitrogen and oxygen atoms in total. The maximum atomic E-state index is 13.5. The number of carbonyl (C=O) groups is 3. The van der Waals surface area contributed by atoms with Gasteiger partial charge in [0.15, 0.2) is 5.60 Å². The highest BCUT2D eigenvalue weighted by molar-refractivity contribution is 6.01. The Labute approximate surface area is 229 Å². The number of ether oxygens (including phenoxy) is 2. The molecule has 208 valence electrons. The minimum absolute atomic E-state index is 0.0795. The van der Waals surface area contributed by atoms with Crippen LogP contribution in [0.4, 0.5) is 10.5 Å². The zero-order valence-electron chi connectivity index (χ0n) is 22.8. The molecule has 1 atom stereocenters. The van der Waals surface area contributed by atoms with E-state index in [1.165, 1.54) is 0 Å². The van der Waals surface area contributed by atoms with E-state index < -0.39 is 23.3 Å². The van der Waals surface area contributed by atoms with Crippen LogP contribution in [0.1, 0.15) is 61.9 Å². The van der Waals surface area contributed by atoms with Gasteiger partial charge in [0.2, 0.25) is 5.91 Å². The van der Waals surface area contributed by atoms with E-state index in [0.717, 1.165) is 27.6 Å². The third-order valence-corrected chi connectivity index (χ3v) is 7.77. The first-order valence-electron chi connectivity index (χ1n) is 13.3. The molecule has 11 heteroatoms. The lowest BCUT2D eigenvalue weighted by Crippen LogP contribution is -2.44. The average molecular weight is 547 g/mol. The van der Waals surface area contributed by atoms with Gasteiger partial charge < -0.3 is 29.8 Å². The standard InChI is InChI=1S/C29H30N4O7/c1-5-29(38)18-10-21-24-16(12-33(21)25(35)17(18)13-39-26(29)36)14-6-7-15-19(8-9-20(32-24)23(14)15)31-22(34)11-30-27(37)40-28(2,3)4/h8-10,38H,5-7,11-13H2,1-4H3,(H,30,37)(H,31,34)/t29-/m0/s1. The molecule has 40 heavy (non-hydrogen) atoms. The number of benzene rings is 1. The number of alkyl carbamates (subject to hydrolysis) is 1. The van der Waals surface area contributed by atoms with Crippen molar-refractivity contribution in [1.82, 2.24) is 14.9 Å². The Morgan fingerprint density at radius 1 is 1.15 bits per heavy atom. The fraction of sp³-hybridized carbons (Fsp3) is 0.414. The van der Waals surface area contributed by atoms with Gasteiger partial charge in [-0.05, 0) is 69.4 Å². The second-order valence-electron chi connectivity index (χ2n) is 11.4. The van der Waals surface area contributed by atoms with Crippen molar-refractivity contribution in [3.63, 3.8) is 0 Å². The fourth-order valence-corrected chi connectivity index (χ4v) is 5.90. The van der Waals surface area contributed by atoms with Gasteiger partial charge in [-0.1, -0.05) is 6.92 Å². The zero-order valence-corrected chi connectivity index (χ0v) is 22.8. The lowest BCUT2D eigenvalue weighted by atomic mass is 9.86. The zero-order chi connectivity index (χ0) is 28.6. The van der Waals surface area contributed by atoms with Gasteiger partial charge in [0.05, 0.1) is 29.0 Å². The van der Waals surface area contributed by atoms with E-state index in [-0.39, 0.29) is 42.2 Å². The minimum Gasteiger partial charge on any atom is -0.458 e. The minimum atomic E-state index is -1.88. The van der Waals surface area contributed by atoms with Crippen LogP contribution in [0.2, 0.25) is 0 Å². The van der Waals surface area contributed by atoms with Crippen molar-refractivity contribution in [2.75, 3.05) is 11.9 Å². The van der Waals surface area contributed by atoms with E-state index in [4.69, 9.17) is 14.5 Å². The number of fused-ring (bicyclic) bond motifs is 5. The summed E-state index contributed by atoms with van der Waals surface area (Å²) in [7, 11) is 0. The molecule has 0 saturated heterocycles. The summed E-state index contributed by atoms with van der Waals surface area (Å²) < 4.78 is 12.0. The molecule has 6 rings (SSSR count). The molecule has 3 aromatic rings. The SMILES string of the molecule is CC[C@@]1(O)C(=O)OCc2c1cc1n(c2=O)Cc2c-1nc1ccc(NC(=O)CNC(=O)OC(C)(C)C)c3c1c2CC3. The van der Waals surface area contributed by atoms with Gasteiger partial charge in [0, 0.05) is 22.2 Å². The lowest BCUT2D eigenvalue weighted by molar-refractivity contribution is -0.172. The number of nitrogens with zero attached hydrogens (tertiary/aromatic N) is 2. The van der Waals surface area contributed by atoms with E-state index in [0.29, 0.717) is 36.5 Å². The number of amides is 2. The third-order valence-electron chi connectivity index (χ3n) is 7.77. The first-order valence-corrected chi connectivity index (χ1v) is 13.3. The summed E-state index contributed by atoms with van der Waals surface area (Å²) >= 11 is 0. The Morgan fingerprint density at radius 3 is 2.62 bits per heavy atom. The molecule has 1 aliphatic carbocycles. The Balaban J connectivity index is 1.34. The van der Waals surface area contributed by atoms with Gasteiger partial charge in [-0.25, -0.2) is 14.6 Å². The smallest absolute Gasteiger partial charge is 0.408 e. The molecule has 4 heterocycles. The first-order chi connectivity index (χ1) is 18.9. The third kappa shape index (κ3) is 3.95. The number of nitrogens with one attached hydrogen (secondary N) is 2. The Bertz CT molecular complexity index is 1700. The van der Waals surface area contributed by atoms with Crippen LogP contribution in [0.5, 0.6) is 0 Å². The van der Waals surface area contributed by atoms with Crippen LogP contribution in [0, 0.1) is 0 Å². The quantitative estimate of drug-likeness (QED) is 0.331. The molecule has 1 aromatic carbocycles. The van der Waals surface area contributed by atoms with Crippen LogP contribution in [-0.2, 0) is 50.7 Å². The number of hydrogen-bond donors (Lipinski definition) is 3. The van der Waals surface area contributed by atoms with Crippen LogP contribution in [0.15, 0.2) is 23.0 Å². The molecule has 0 unspecified atom stereocenters. The van der Waals surface area contributed by atoms with Crippen molar-refractivity contribution in [3.05, 3.63) is 56.4 Å². The molecule has 0 fully saturated rings. The van der Waals surface area contributed by atoms with Gasteiger partial charge in [0.1, 0.15) is 18.8 Å². The van der Waals surface area contributed by atoms with Crippen LogP contribution < -0.4 is 16.2 Å². The number of pyridine rings is 2. The van der Waals surface area contributed by atoms with Crippen molar-refractivity contribution >= 4 is 34.6 Å². The molecule has 0 saturated carbocycles. The molecule has 2 aliphatic heterocycles. The van der Waals surface area contributed by atoms with E-state index in [1.807, 2.05) is 6.07 Å². The number of aromatic nitrogens is 2. The van der Waals surface area contributed by atoms with E-state index in [9.17, 15) is 24.3 Å². The monoisotopic (exact) mass is 546 g/mol. The van der Waals surface area contributed by atoms with Crippen molar-refractivity contribution in [3.8, 4) is 11.4 Å². The number of anilines is 1. The average Bonchev–Trinajstić information content (AvgIpc) is 3.50. The summed E-state index contributed by atoms with van der Waals surface area (Å²) in [6, 6.07) is 5.32. The molecule has 3 aliphatic rings. The highest BCUT2D eigenvalue weighted by Gasteiger charge is 2.45. The molecule has 0 bridgehead atoms. The Morgan fingerprint density at radius 2 is 1.90 bits per heavy atom. The highest BCUT2D eigenvalue weighted by Crippen LogP contribution is 2.44. The van der Waals surface area contributed by atoms with Crippen molar-refractivity contribution < 1.29 is 29.0 Å². The summed E-state index contributed by atoms with van der Waals surface area (Å²) in [4.78, 5) is 55.4. The summed E-state index contributed by atoms with van der Waals surface area (Å²) in [5, 5.41) is 17.4. The summed E-state index contributed by atoms with van der Waals surface area (Å²) in [5.41, 5.74) is 3.28. The summed E-state index contributed by atoms with van der Waals surface area (Å²) in [6.45, 7) is 6.82. The predicted octanol–water partition coefficient (Wildman–Crippen LogP) is 2.64. The van der Waals surface area contributed by atoms with Crippen LogP contribution >= 0.6 is 0 Å². The normalized spacial score (nSPS) is 18.6. The topological polar surface area (TPSA) is 149 Å². The van der Waals surface area contributed by atoms with Crippen molar-refractivity contribution in [2.24, 2.45) is 0 Å². The fourth-order valence-electron chi connectivity index (χ4n) is 5.90. The van der Waals surface area contributed by atoms with Crippen molar-refractivity contribution in [2.45, 2.75) is 71.3 Å². The molecule has 0 spiro atoms. The predicted molar refractivity (Wildman–Crippen MR) is 145 cm³/mol. The van der Waals surface area contributed by atoms with Gasteiger partial charge >= 0.3 is 12.1 Å². The van der Waals surface area contributed by atoms with E-state index >= 15 is 0 Å². The van der Waals surface area contributed by atoms with Gasteiger partial charge in [-0.2, -0.15) is 0 Å². The van der Waals surface area contributed by atoms with Crippen LogP contribution in [0.25, 0.3) is 22.3 Å². The number of aliphatic hydroxyl groups is 1. The highest BCUT2D eigenvalue weighted by atomic mass is 16.6. The largest absolute Gasteiger partial charge is 0.458 e. The molecule has 2 amide bonds. The molecular weight excluding hydrogens is 516 g/mol. The van der Waals surface area contributed by atoms with E-state index in [2.05, 4.69) is 10.6 Å². The maximum absolute atomic E-state index is 13.5. The number of aryl methyl sites for hydroxylation is 2. The number of carbonyl (C=O) groups excluding carboxylic acids is 3. The summed E-state index contributed by atoms with van der Waals surface area (Å²) in [5.74, 6) is -1.13. The van der Waals surface area contributed by atoms with Gasteiger partial charge in [0.25, 0.3) is 5.56 Å². The van der Waals surface area contributed by atoms with Gasteiger partial charge in [-0.15, -0.1) is 0 Å². The molecule has 2 aromatic heterocycles. The van der Waals surface area contributed by atoms with E-state index in [1.54, 1.807) is 44.4 Å². The van der Waals surface area contributed by atoms with Crippen LogP contribution in [-0.4, -0.2) is 44.8 Å². The second-order valence-corrected chi connectivity index (χ2v) is 11.4. The first kappa shape index (κ1) is 26.0. The Kier molecular flexibility index (Phi) is 5.77. The number of cyclic esters (lactones) is 1. The summed E-state index contributed by atoms with van der Waals surface area (Å²) in [6.07, 6.45) is 0.802. The Hall–Kier alpha value is -4.25. The van der Waals surface area contributed by atoms with Crippen molar-refractivity contribution in [1.29, 1.82) is 0 Å². The van der Waals surface area contributed by atoms with Gasteiger partial charge in [-0.3, -0.25) is 9.59 Å². The molecular formula is C29H30N4O7. The lowest BCUT2D eigenvalue weighted by Gasteiger charge is -2.31. The maximum Gasteiger partial charge on any atom is 0.408 e. The number of hydrogen-bond acceptors (Lipinski definition) is 8. The van der Waals surface area contributed by atoms with Crippen LogP contribution in [0.3, 0.4) is 0 Å². The second kappa shape index (κ2) is 8.88. The number of rotatable bonds is 4.